The van der Waals surface area contributed by atoms with Crippen LogP contribution < -0.4 is 5.73 Å². The fourth-order valence-electron chi connectivity index (χ4n) is 2.68. The number of hydrogen-bond acceptors (Lipinski definition) is 5. The number of hydrogen-bond donors (Lipinski definition) is 1. The average molecular weight is 294 g/mol. The van der Waals surface area contributed by atoms with Gasteiger partial charge in [0.25, 0.3) is 0 Å². The van der Waals surface area contributed by atoms with Gasteiger partial charge in [0.05, 0.1) is 17.2 Å². The zero-order chi connectivity index (χ0) is 14.8. The van der Waals surface area contributed by atoms with Crippen LogP contribution in [-0.2, 0) is 19.5 Å². The summed E-state index contributed by atoms with van der Waals surface area (Å²) >= 11 is 1.53. The first-order chi connectivity index (χ1) is 10.2. The molecule has 2 N–H and O–H groups in total. The molecule has 0 spiro atoms. The summed E-state index contributed by atoms with van der Waals surface area (Å²) in [5.74, 6) is 0. The number of anilines is 1. The van der Waals surface area contributed by atoms with E-state index in [0.717, 1.165) is 31.6 Å². The summed E-state index contributed by atoms with van der Waals surface area (Å²) in [6.45, 7) is 2.62. The quantitative estimate of drug-likeness (QED) is 0.923. The molecule has 21 heavy (non-hydrogen) atoms. The molecule has 4 nitrogen and oxygen atoms in total. The molecule has 0 atom stereocenters. The van der Waals surface area contributed by atoms with Gasteiger partial charge in [-0.1, -0.05) is 12.1 Å². The molecule has 0 saturated heterocycles. The average Bonchev–Trinajstić information content (AvgIpc) is 2.82. The Morgan fingerprint density at radius 2 is 1.95 bits per heavy atom. The molecule has 5 heteroatoms. The van der Waals surface area contributed by atoms with Crippen LogP contribution in [0, 0.1) is 22.7 Å². The van der Waals surface area contributed by atoms with E-state index in [1.807, 2.05) is 24.3 Å². The van der Waals surface area contributed by atoms with Crippen molar-refractivity contribution in [3.63, 3.8) is 0 Å². The lowest BCUT2D eigenvalue weighted by atomic mass is 10.0. The molecule has 0 saturated carbocycles. The van der Waals surface area contributed by atoms with Gasteiger partial charge in [0.2, 0.25) is 0 Å². The van der Waals surface area contributed by atoms with Gasteiger partial charge >= 0.3 is 0 Å². The second-order valence-corrected chi connectivity index (χ2v) is 6.26. The predicted molar refractivity (Wildman–Crippen MR) is 82.4 cm³/mol. The number of benzene rings is 1. The van der Waals surface area contributed by atoms with E-state index in [2.05, 4.69) is 17.0 Å². The highest BCUT2D eigenvalue weighted by Gasteiger charge is 2.23. The molecule has 2 heterocycles. The van der Waals surface area contributed by atoms with Crippen molar-refractivity contribution >= 4 is 16.3 Å². The second kappa shape index (κ2) is 5.57. The molecule has 3 rings (SSSR count). The van der Waals surface area contributed by atoms with Gasteiger partial charge in [0.1, 0.15) is 11.1 Å². The standard InChI is InChI=1S/C16H14N4S/c17-7-11-1-3-12(4-2-11)9-20-6-5-13-14(8-18)16(19)21-15(13)10-20/h1-4H,5-6,9-10,19H2. The van der Waals surface area contributed by atoms with Gasteiger partial charge in [0, 0.05) is 24.5 Å². The maximum atomic E-state index is 9.15. The van der Waals surface area contributed by atoms with Crippen LogP contribution in [0.25, 0.3) is 0 Å². The largest absolute Gasteiger partial charge is 0.389 e. The number of thiophene rings is 1. The second-order valence-electron chi connectivity index (χ2n) is 5.12. The fourth-order valence-corrected chi connectivity index (χ4v) is 3.79. The lowest BCUT2D eigenvalue weighted by Crippen LogP contribution is -2.29. The van der Waals surface area contributed by atoms with Crippen LogP contribution in [0.2, 0.25) is 0 Å². The first kappa shape index (κ1) is 13.6. The van der Waals surface area contributed by atoms with Gasteiger partial charge in [-0.25, -0.2) is 0 Å². The van der Waals surface area contributed by atoms with Crippen molar-refractivity contribution in [3.05, 3.63) is 51.4 Å². The monoisotopic (exact) mass is 294 g/mol. The number of fused-ring (bicyclic) bond motifs is 1. The third kappa shape index (κ3) is 2.62. The highest BCUT2D eigenvalue weighted by atomic mass is 32.1. The van der Waals surface area contributed by atoms with Gasteiger partial charge in [0.15, 0.2) is 0 Å². The Balaban J connectivity index is 1.74. The van der Waals surface area contributed by atoms with Crippen molar-refractivity contribution in [1.29, 1.82) is 10.5 Å². The molecule has 0 bridgehead atoms. The Hall–Kier alpha value is -2.34. The lowest BCUT2D eigenvalue weighted by Gasteiger charge is -2.26. The summed E-state index contributed by atoms with van der Waals surface area (Å²) in [4.78, 5) is 3.56. The minimum Gasteiger partial charge on any atom is -0.389 e. The Kier molecular flexibility index (Phi) is 3.62. The third-order valence-electron chi connectivity index (χ3n) is 3.76. The van der Waals surface area contributed by atoms with E-state index in [0.29, 0.717) is 16.1 Å². The molecule has 0 amide bonds. The van der Waals surface area contributed by atoms with Gasteiger partial charge in [-0.05, 0) is 29.7 Å². The molecule has 0 fully saturated rings. The number of nitrogens with zero attached hydrogens (tertiary/aromatic N) is 3. The zero-order valence-electron chi connectivity index (χ0n) is 11.5. The van der Waals surface area contributed by atoms with Gasteiger partial charge in [-0.15, -0.1) is 11.3 Å². The number of nitrogens with two attached hydrogens (primary N) is 1. The summed E-state index contributed by atoms with van der Waals surface area (Å²) in [6, 6.07) is 12.0. The zero-order valence-corrected chi connectivity index (χ0v) is 12.3. The highest BCUT2D eigenvalue weighted by Crippen LogP contribution is 2.34. The molecular weight excluding hydrogens is 280 g/mol. The molecular formula is C16H14N4S. The van der Waals surface area contributed by atoms with E-state index in [4.69, 9.17) is 16.3 Å². The first-order valence-corrected chi connectivity index (χ1v) is 7.54. The molecule has 1 aromatic carbocycles. The maximum absolute atomic E-state index is 9.15. The smallest absolute Gasteiger partial charge is 0.104 e. The summed E-state index contributed by atoms with van der Waals surface area (Å²) < 4.78 is 0. The Morgan fingerprint density at radius 3 is 2.62 bits per heavy atom. The van der Waals surface area contributed by atoms with Gasteiger partial charge < -0.3 is 5.73 Å². The molecule has 104 valence electrons. The highest BCUT2D eigenvalue weighted by molar-refractivity contribution is 7.16. The van der Waals surface area contributed by atoms with Gasteiger partial charge in [-0.2, -0.15) is 10.5 Å². The molecule has 0 aliphatic carbocycles. The summed E-state index contributed by atoms with van der Waals surface area (Å²) in [5, 5.41) is 18.6. The Morgan fingerprint density at radius 1 is 1.19 bits per heavy atom. The van der Waals surface area contributed by atoms with E-state index in [1.54, 1.807) is 0 Å². The number of nitriles is 2. The first-order valence-electron chi connectivity index (χ1n) is 6.72. The van der Waals surface area contributed by atoms with E-state index in [9.17, 15) is 0 Å². The van der Waals surface area contributed by atoms with Crippen molar-refractivity contribution < 1.29 is 0 Å². The summed E-state index contributed by atoms with van der Waals surface area (Å²) in [5.41, 5.74) is 9.60. The van der Waals surface area contributed by atoms with Crippen molar-refractivity contribution in [2.75, 3.05) is 12.3 Å². The van der Waals surface area contributed by atoms with Crippen molar-refractivity contribution in [3.8, 4) is 12.1 Å². The maximum Gasteiger partial charge on any atom is 0.104 e. The van der Waals surface area contributed by atoms with E-state index in [1.165, 1.54) is 21.8 Å². The molecule has 0 radical (unpaired) electrons. The molecule has 2 aromatic rings. The van der Waals surface area contributed by atoms with Crippen LogP contribution in [0.1, 0.15) is 27.1 Å². The molecule has 0 unspecified atom stereocenters. The Labute approximate surface area is 127 Å². The molecule has 1 aromatic heterocycles. The minimum absolute atomic E-state index is 0.641. The topological polar surface area (TPSA) is 76.8 Å². The molecule has 1 aliphatic rings. The fraction of sp³-hybridized carbons (Fsp3) is 0.250. The van der Waals surface area contributed by atoms with Crippen LogP contribution in [0.15, 0.2) is 24.3 Å². The summed E-state index contributed by atoms with van der Waals surface area (Å²) in [7, 11) is 0. The summed E-state index contributed by atoms with van der Waals surface area (Å²) in [6.07, 6.45) is 0.877. The number of nitrogen functional groups attached to an aromatic ring is 1. The molecule has 1 aliphatic heterocycles. The van der Waals surface area contributed by atoms with Crippen LogP contribution in [0.5, 0.6) is 0 Å². The van der Waals surface area contributed by atoms with Crippen molar-refractivity contribution in [1.82, 2.24) is 4.90 Å². The lowest BCUT2D eigenvalue weighted by molar-refractivity contribution is 0.249. The van der Waals surface area contributed by atoms with Crippen LogP contribution in [-0.4, -0.2) is 11.4 Å². The Bertz CT molecular complexity index is 746. The number of rotatable bonds is 2. The van der Waals surface area contributed by atoms with Crippen molar-refractivity contribution in [2.24, 2.45) is 0 Å². The minimum atomic E-state index is 0.641. The van der Waals surface area contributed by atoms with E-state index in [-0.39, 0.29) is 0 Å². The van der Waals surface area contributed by atoms with Gasteiger partial charge in [-0.3, -0.25) is 4.90 Å². The van der Waals surface area contributed by atoms with Crippen molar-refractivity contribution in [2.45, 2.75) is 19.5 Å². The van der Waals surface area contributed by atoms with E-state index >= 15 is 0 Å². The van der Waals surface area contributed by atoms with E-state index < -0.39 is 0 Å². The predicted octanol–water partition coefficient (Wildman–Crippen LogP) is 2.63. The van der Waals surface area contributed by atoms with Crippen LogP contribution in [0.4, 0.5) is 5.00 Å². The third-order valence-corrected chi connectivity index (χ3v) is 4.81. The SMILES string of the molecule is N#Cc1ccc(CN2CCc3c(sc(N)c3C#N)C2)cc1. The van der Waals surface area contributed by atoms with Crippen LogP contribution >= 0.6 is 11.3 Å². The van der Waals surface area contributed by atoms with Crippen LogP contribution in [0.3, 0.4) is 0 Å². The normalized spacial score (nSPS) is 14.2.